The van der Waals surface area contributed by atoms with E-state index < -0.39 is 0 Å². The fourth-order valence-electron chi connectivity index (χ4n) is 2.26. The maximum absolute atomic E-state index is 4.61. The van der Waals surface area contributed by atoms with Gasteiger partial charge < -0.3 is 10.2 Å². The van der Waals surface area contributed by atoms with E-state index in [9.17, 15) is 0 Å². The van der Waals surface area contributed by atoms with Crippen LogP contribution >= 0.6 is 27.3 Å². The Balaban J connectivity index is 1.77. The summed E-state index contributed by atoms with van der Waals surface area (Å²) in [5, 5.41) is 3.57. The average Bonchev–Trinajstić information content (AvgIpc) is 3.20. The summed E-state index contributed by atoms with van der Waals surface area (Å²) in [6.07, 6.45) is 4.46. The van der Waals surface area contributed by atoms with E-state index in [4.69, 9.17) is 0 Å². The van der Waals surface area contributed by atoms with Crippen LogP contribution in [0.4, 0.5) is 5.82 Å². The smallest absolute Gasteiger partial charge is 0.133 e. The molecule has 3 rings (SSSR count). The number of hydrogen-bond donors (Lipinski definition) is 1. The highest BCUT2D eigenvalue weighted by molar-refractivity contribution is 9.10. The van der Waals surface area contributed by atoms with Gasteiger partial charge in [-0.25, -0.2) is 9.97 Å². The highest BCUT2D eigenvalue weighted by Gasteiger charge is 2.21. The van der Waals surface area contributed by atoms with Gasteiger partial charge in [0.25, 0.3) is 0 Å². The van der Waals surface area contributed by atoms with Crippen LogP contribution in [-0.4, -0.2) is 23.1 Å². The summed E-state index contributed by atoms with van der Waals surface area (Å²) in [5.74, 6) is 1.04. The van der Waals surface area contributed by atoms with Gasteiger partial charge >= 0.3 is 0 Å². The van der Waals surface area contributed by atoms with E-state index in [0.29, 0.717) is 6.04 Å². The Morgan fingerprint density at radius 3 is 2.90 bits per heavy atom. The first kappa shape index (κ1) is 14.9. The van der Waals surface area contributed by atoms with Gasteiger partial charge in [0.15, 0.2) is 0 Å². The van der Waals surface area contributed by atoms with E-state index in [2.05, 4.69) is 56.2 Å². The van der Waals surface area contributed by atoms with E-state index >= 15 is 0 Å². The summed E-state index contributed by atoms with van der Waals surface area (Å²) in [4.78, 5) is 12.4. The highest BCUT2D eigenvalue weighted by Crippen LogP contribution is 2.25. The molecule has 2 aromatic heterocycles. The molecular weight excluding hydrogens is 348 g/mol. The van der Waals surface area contributed by atoms with Gasteiger partial charge in [-0.05, 0) is 41.8 Å². The van der Waals surface area contributed by atoms with Crippen LogP contribution in [-0.2, 0) is 13.1 Å². The van der Waals surface area contributed by atoms with Crippen LogP contribution in [0.3, 0.4) is 0 Å². The van der Waals surface area contributed by atoms with Gasteiger partial charge in [0.05, 0.1) is 17.7 Å². The van der Waals surface area contributed by atoms with Crippen molar-refractivity contribution >= 4 is 33.1 Å². The minimum absolute atomic E-state index is 0.700. The fraction of sp³-hybridized carbons (Fsp3) is 0.467. The van der Waals surface area contributed by atoms with Crippen molar-refractivity contribution in [2.75, 3.05) is 11.9 Å². The minimum Gasteiger partial charge on any atom is -0.354 e. The van der Waals surface area contributed by atoms with Crippen molar-refractivity contribution < 1.29 is 0 Å². The molecule has 1 saturated carbocycles. The number of halogens is 1. The number of nitrogens with one attached hydrogen (secondary N) is 1. The average molecular weight is 367 g/mol. The monoisotopic (exact) mass is 366 g/mol. The van der Waals surface area contributed by atoms with Gasteiger partial charge in [-0.2, -0.15) is 0 Å². The van der Waals surface area contributed by atoms with Crippen LogP contribution in [0, 0.1) is 6.92 Å². The molecule has 112 valence electrons. The van der Waals surface area contributed by atoms with Crippen molar-refractivity contribution in [3.05, 3.63) is 38.4 Å². The van der Waals surface area contributed by atoms with Gasteiger partial charge in [0, 0.05) is 40.7 Å². The first-order valence-electron chi connectivity index (χ1n) is 7.11. The number of thiazole rings is 1. The van der Waals surface area contributed by atoms with Gasteiger partial charge in [-0.15, -0.1) is 11.3 Å². The second-order valence-electron chi connectivity index (χ2n) is 5.51. The van der Waals surface area contributed by atoms with E-state index in [1.54, 1.807) is 11.3 Å². The SMILES string of the molecule is Cc1ncsc1CN(C)c1ncc(Br)cc1CNC1CC1. The van der Waals surface area contributed by atoms with Crippen molar-refractivity contribution in [3.63, 3.8) is 0 Å². The molecule has 6 heteroatoms. The Hall–Kier alpha value is -0.980. The Morgan fingerprint density at radius 1 is 1.43 bits per heavy atom. The molecule has 0 atom stereocenters. The topological polar surface area (TPSA) is 41.1 Å². The Labute approximate surface area is 137 Å². The number of hydrogen-bond acceptors (Lipinski definition) is 5. The van der Waals surface area contributed by atoms with Crippen LogP contribution in [0.5, 0.6) is 0 Å². The number of aryl methyl sites for hydroxylation is 1. The largest absolute Gasteiger partial charge is 0.354 e. The van der Waals surface area contributed by atoms with Crippen LogP contribution in [0.1, 0.15) is 29.0 Å². The summed E-state index contributed by atoms with van der Waals surface area (Å²) >= 11 is 5.23. The Kier molecular flexibility index (Phi) is 4.57. The van der Waals surface area contributed by atoms with Gasteiger partial charge in [0.2, 0.25) is 0 Å². The van der Waals surface area contributed by atoms with Gasteiger partial charge in [-0.3, -0.25) is 0 Å². The Bertz CT molecular complexity index is 624. The molecule has 1 aliphatic rings. The molecule has 2 aromatic rings. The summed E-state index contributed by atoms with van der Waals surface area (Å²) < 4.78 is 1.03. The zero-order chi connectivity index (χ0) is 14.8. The second kappa shape index (κ2) is 6.42. The normalized spacial score (nSPS) is 14.4. The predicted molar refractivity (Wildman–Crippen MR) is 90.8 cm³/mol. The second-order valence-corrected chi connectivity index (χ2v) is 7.36. The molecule has 0 aliphatic heterocycles. The highest BCUT2D eigenvalue weighted by atomic mass is 79.9. The maximum Gasteiger partial charge on any atom is 0.133 e. The first-order chi connectivity index (χ1) is 10.1. The van der Waals surface area contributed by atoms with Crippen molar-refractivity contribution in [2.24, 2.45) is 0 Å². The van der Waals surface area contributed by atoms with Crippen molar-refractivity contribution in [3.8, 4) is 0 Å². The van der Waals surface area contributed by atoms with E-state index in [1.807, 2.05) is 11.7 Å². The molecule has 21 heavy (non-hydrogen) atoms. The number of rotatable bonds is 6. The third kappa shape index (κ3) is 3.81. The van der Waals surface area contributed by atoms with Crippen LogP contribution in [0.2, 0.25) is 0 Å². The molecule has 0 aromatic carbocycles. The molecule has 0 spiro atoms. The zero-order valence-electron chi connectivity index (χ0n) is 12.3. The number of pyridine rings is 1. The fourth-order valence-corrected chi connectivity index (χ4v) is 3.47. The molecular formula is C15H19BrN4S. The molecule has 0 radical (unpaired) electrons. The zero-order valence-corrected chi connectivity index (χ0v) is 14.7. The standard InChI is InChI=1S/C15H19BrN4S/c1-10-14(21-9-19-10)8-20(2)15-11(5-12(16)7-18-15)6-17-13-3-4-13/h5,7,9,13,17H,3-4,6,8H2,1-2H3. The third-order valence-corrected chi connectivity index (χ3v) is 5.01. The van der Waals surface area contributed by atoms with Crippen LogP contribution < -0.4 is 10.2 Å². The quantitative estimate of drug-likeness (QED) is 0.849. The maximum atomic E-state index is 4.61. The molecule has 1 aliphatic carbocycles. The van der Waals surface area contributed by atoms with Crippen LogP contribution in [0.25, 0.3) is 0 Å². The molecule has 4 nitrogen and oxygen atoms in total. The molecule has 2 heterocycles. The molecule has 1 fully saturated rings. The third-order valence-electron chi connectivity index (χ3n) is 3.66. The van der Waals surface area contributed by atoms with Crippen molar-refractivity contribution in [1.82, 2.24) is 15.3 Å². The van der Waals surface area contributed by atoms with E-state index in [0.717, 1.165) is 29.1 Å². The molecule has 0 amide bonds. The summed E-state index contributed by atoms with van der Waals surface area (Å²) in [7, 11) is 2.09. The van der Waals surface area contributed by atoms with Gasteiger partial charge in [-0.1, -0.05) is 0 Å². The number of anilines is 1. The lowest BCUT2D eigenvalue weighted by Crippen LogP contribution is -2.22. The van der Waals surface area contributed by atoms with Crippen molar-refractivity contribution in [1.29, 1.82) is 0 Å². The number of nitrogens with zero attached hydrogens (tertiary/aromatic N) is 3. The molecule has 0 saturated heterocycles. The summed E-state index contributed by atoms with van der Waals surface area (Å²) in [6, 6.07) is 2.86. The number of aromatic nitrogens is 2. The predicted octanol–water partition coefficient (Wildman–Crippen LogP) is 3.50. The molecule has 0 bridgehead atoms. The lowest BCUT2D eigenvalue weighted by Gasteiger charge is -2.21. The van der Waals surface area contributed by atoms with Crippen LogP contribution in [0.15, 0.2) is 22.2 Å². The first-order valence-corrected chi connectivity index (χ1v) is 8.78. The lowest BCUT2D eigenvalue weighted by atomic mass is 10.2. The molecule has 1 N–H and O–H groups in total. The summed E-state index contributed by atoms with van der Waals surface area (Å²) in [5.41, 5.74) is 4.26. The Morgan fingerprint density at radius 2 is 2.24 bits per heavy atom. The lowest BCUT2D eigenvalue weighted by molar-refractivity contribution is 0.682. The van der Waals surface area contributed by atoms with E-state index in [1.165, 1.54) is 23.3 Å². The van der Waals surface area contributed by atoms with E-state index in [-0.39, 0.29) is 0 Å². The molecule has 0 unspecified atom stereocenters. The van der Waals surface area contributed by atoms with Crippen molar-refractivity contribution in [2.45, 2.75) is 38.9 Å². The minimum atomic E-state index is 0.700. The van der Waals surface area contributed by atoms with Gasteiger partial charge in [0.1, 0.15) is 5.82 Å². The summed E-state index contributed by atoms with van der Waals surface area (Å²) in [6.45, 7) is 3.78.